The van der Waals surface area contributed by atoms with Crippen LogP contribution in [0.3, 0.4) is 0 Å². The second kappa shape index (κ2) is 10.2. The smallest absolute Gasteiger partial charge is 0.317 e. The lowest BCUT2D eigenvalue weighted by Gasteiger charge is -2.40. The molecule has 0 aliphatic carbocycles. The van der Waals surface area contributed by atoms with E-state index in [0.717, 1.165) is 78.6 Å². The molecule has 8 nitrogen and oxygen atoms in total. The van der Waals surface area contributed by atoms with E-state index in [2.05, 4.69) is 52.9 Å². The summed E-state index contributed by atoms with van der Waals surface area (Å²) >= 11 is 0. The SMILES string of the molecule is CC(C)N1CCOC(CN2CCN(C(=O)NCC3CN(C)CCN3C)CC2)C1. The van der Waals surface area contributed by atoms with Crippen LogP contribution in [0.25, 0.3) is 0 Å². The van der Waals surface area contributed by atoms with Gasteiger partial charge in [0.05, 0.1) is 12.7 Å². The number of likely N-dealkylation sites (N-methyl/N-ethyl adjacent to an activating group) is 2. The third kappa shape index (κ3) is 6.03. The molecule has 0 bridgehead atoms. The quantitative estimate of drug-likeness (QED) is 0.687. The predicted octanol–water partition coefficient (Wildman–Crippen LogP) is -0.331. The Kier molecular flexibility index (Phi) is 7.93. The van der Waals surface area contributed by atoms with Crippen molar-refractivity contribution in [3.8, 4) is 0 Å². The molecule has 0 aromatic carbocycles. The number of carbonyl (C=O) groups is 1. The fourth-order valence-electron chi connectivity index (χ4n) is 4.38. The van der Waals surface area contributed by atoms with E-state index in [9.17, 15) is 4.79 Å². The molecule has 3 aliphatic heterocycles. The van der Waals surface area contributed by atoms with Gasteiger partial charge in [-0.1, -0.05) is 0 Å². The molecular formula is C20H40N6O2. The molecular weight excluding hydrogens is 356 g/mol. The highest BCUT2D eigenvalue weighted by Crippen LogP contribution is 2.12. The zero-order chi connectivity index (χ0) is 20.1. The number of carbonyl (C=O) groups excluding carboxylic acids is 1. The maximum Gasteiger partial charge on any atom is 0.317 e. The summed E-state index contributed by atoms with van der Waals surface area (Å²) in [5, 5.41) is 3.16. The van der Waals surface area contributed by atoms with E-state index in [1.807, 2.05) is 4.90 Å². The molecule has 0 saturated carbocycles. The molecule has 0 aromatic rings. The Bertz CT molecular complexity index is 497. The first-order valence-electron chi connectivity index (χ1n) is 10.9. The molecule has 2 atom stereocenters. The lowest BCUT2D eigenvalue weighted by atomic mass is 10.2. The first-order valence-corrected chi connectivity index (χ1v) is 10.9. The third-order valence-corrected chi connectivity index (χ3v) is 6.49. The molecule has 0 radical (unpaired) electrons. The molecule has 3 heterocycles. The summed E-state index contributed by atoms with van der Waals surface area (Å²) in [6.45, 7) is 15.7. The Hall–Kier alpha value is -0.930. The van der Waals surface area contributed by atoms with Gasteiger partial charge in [-0.3, -0.25) is 14.7 Å². The minimum atomic E-state index is 0.0844. The number of amides is 2. The maximum absolute atomic E-state index is 12.6. The van der Waals surface area contributed by atoms with Crippen LogP contribution in [0, 0.1) is 0 Å². The van der Waals surface area contributed by atoms with E-state index in [4.69, 9.17) is 4.74 Å². The molecule has 2 unspecified atom stereocenters. The first-order chi connectivity index (χ1) is 13.4. The molecule has 3 saturated heterocycles. The van der Waals surface area contributed by atoms with Gasteiger partial charge in [-0.2, -0.15) is 0 Å². The normalized spacial score (nSPS) is 29.4. The lowest BCUT2D eigenvalue weighted by molar-refractivity contribution is -0.0552. The van der Waals surface area contributed by atoms with Crippen molar-refractivity contribution in [1.82, 2.24) is 29.8 Å². The fourth-order valence-corrected chi connectivity index (χ4v) is 4.38. The third-order valence-electron chi connectivity index (χ3n) is 6.49. The summed E-state index contributed by atoms with van der Waals surface area (Å²) in [4.78, 5) is 24.2. The topological polar surface area (TPSA) is 54.5 Å². The molecule has 3 aliphatic rings. The molecule has 0 spiro atoms. The zero-order valence-corrected chi connectivity index (χ0v) is 18.3. The molecule has 3 rings (SSSR count). The fraction of sp³-hybridized carbons (Fsp3) is 0.950. The Morgan fingerprint density at radius 1 is 1.04 bits per heavy atom. The largest absolute Gasteiger partial charge is 0.374 e. The van der Waals surface area contributed by atoms with Gasteiger partial charge in [0.2, 0.25) is 0 Å². The van der Waals surface area contributed by atoms with Gasteiger partial charge < -0.3 is 19.9 Å². The second-order valence-electron chi connectivity index (χ2n) is 8.95. The van der Waals surface area contributed by atoms with Crippen LogP contribution in [0.2, 0.25) is 0 Å². The summed E-state index contributed by atoms with van der Waals surface area (Å²) in [6.07, 6.45) is 0.287. The van der Waals surface area contributed by atoms with Crippen molar-refractivity contribution in [3.63, 3.8) is 0 Å². The van der Waals surface area contributed by atoms with Gasteiger partial charge in [-0.15, -0.1) is 0 Å². The van der Waals surface area contributed by atoms with Crippen LogP contribution in [0.4, 0.5) is 4.79 Å². The number of rotatable bonds is 5. The van der Waals surface area contributed by atoms with Crippen LogP contribution in [-0.4, -0.2) is 141 Å². The minimum absolute atomic E-state index is 0.0844. The van der Waals surface area contributed by atoms with Crippen molar-refractivity contribution in [2.24, 2.45) is 0 Å². The molecule has 28 heavy (non-hydrogen) atoms. The van der Waals surface area contributed by atoms with Crippen molar-refractivity contribution < 1.29 is 9.53 Å². The van der Waals surface area contributed by atoms with E-state index in [1.54, 1.807) is 0 Å². The minimum Gasteiger partial charge on any atom is -0.374 e. The van der Waals surface area contributed by atoms with Gasteiger partial charge in [0.1, 0.15) is 0 Å². The van der Waals surface area contributed by atoms with Gasteiger partial charge >= 0.3 is 6.03 Å². The number of nitrogens with one attached hydrogen (secondary N) is 1. The van der Waals surface area contributed by atoms with Gasteiger partial charge in [0.25, 0.3) is 0 Å². The average Bonchev–Trinajstić information content (AvgIpc) is 2.69. The number of morpholine rings is 1. The van der Waals surface area contributed by atoms with Crippen molar-refractivity contribution >= 4 is 6.03 Å². The van der Waals surface area contributed by atoms with Crippen molar-refractivity contribution in [2.45, 2.75) is 32.0 Å². The van der Waals surface area contributed by atoms with Crippen LogP contribution in [0.5, 0.6) is 0 Å². The van der Waals surface area contributed by atoms with Crippen molar-refractivity contribution in [2.75, 3.05) is 92.7 Å². The molecule has 1 N–H and O–H groups in total. The summed E-state index contributed by atoms with van der Waals surface area (Å²) in [5.74, 6) is 0. The van der Waals surface area contributed by atoms with Crippen LogP contribution >= 0.6 is 0 Å². The summed E-state index contributed by atoms with van der Waals surface area (Å²) in [7, 11) is 4.30. The summed E-state index contributed by atoms with van der Waals surface area (Å²) in [6, 6.07) is 1.06. The molecule has 2 amide bonds. The van der Waals surface area contributed by atoms with Gasteiger partial charge in [-0.25, -0.2) is 4.79 Å². The molecule has 162 valence electrons. The van der Waals surface area contributed by atoms with Gasteiger partial charge in [0.15, 0.2) is 0 Å². The lowest BCUT2D eigenvalue weighted by Crippen LogP contribution is -2.58. The number of ether oxygens (including phenoxy) is 1. The number of hydrogen-bond acceptors (Lipinski definition) is 6. The van der Waals surface area contributed by atoms with Gasteiger partial charge in [0, 0.05) is 84.1 Å². The number of nitrogens with zero attached hydrogens (tertiary/aromatic N) is 5. The van der Waals surface area contributed by atoms with Crippen LogP contribution in [0.1, 0.15) is 13.8 Å². The van der Waals surface area contributed by atoms with Crippen LogP contribution in [0.15, 0.2) is 0 Å². The van der Waals surface area contributed by atoms with E-state index >= 15 is 0 Å². The highest BCUT2D eigenvalue weighted by Gasteiger charge is 2.28. The monoisotopic (exact) mass is 396 g/mol. The van der Waals surface area contributed by atoms with Crippen molar-refractivity contribution in [1.29, 1.82) is 0 Å². The average molecular weight is 397 g/mol. The standard InChI is InChI=1S/C20H40N6O2/c1-17(2)26-11-12-28-19(16-26)15-24-7-9-25(10-8-24)20(27)21-13-18-14-22(3)5-6-23(18)4/h17-19H,5-16H2,1-4H3,(H,21,27). The number of urea groups is 1. The molecule has 8 heteroatoms. The number of piperazine rings is 2. The van der Waals surface area contributed by atoms with E-state index in [0.29, 0.717) is 12.1 Å². The molecule has 0 aromatic heterocycles. The molecule has 3 fully saturated rings. The maximum atomic E-state index is 12.6. The van der Waals surface area contributed by atoms with Crippen LogP contribution < -0.4 is 5.32 Å². The van der Waals surface area contributed by atoms with E-state index < -0.39 is 0 Å². The Labute approximate surface area is 170 Å². The zero-order valence-electron chi connectivity index (χ0n) is 18.3. The van der Waals surface area contributed by atoms with Crippen LogP contribution in [-0.2, 0) is 4.74 Å². The van der Waals surface area contributed by atoms with E-state index in [1.165, 1.54) is 0 Å². The summed E-state index contributed by atoms with van der Waals surface area (Å²) < 4.78 is 5.97. The highest BCUT2D eigenvalue weighted by molar-refractivity contribution is 5.74. The Balaban J connectivity index is 1.36. The Morgan fingerprint density at radius 3 is 2.50 bits per heavy atom. The van der Waals surface area contributed by atoms with Crippen molar-refractivity contribution in [3.05, 3.63) is 0 Å². The highest BCUT2D eigenvalue weighted by atomic mass is 16.5. The Morgan fingerprint density at radius 2 is 1.79 bits per heavy atom. The van der Waals surface area contributed by atoms with E-state index in [-0.39, 0.29) is 12.1 Å². The second-order valence-corrected chi connectivity index (χ2v) is 8.95. The number of hydrogen-bond donors (Lipinski definition) is 1. The first kappa shape index (κ1) is 21.8. The van der Waals surface area contributed by atoms with Gasteiger partial charge in [-0.05, 0) is 27.9 Å². The summed E-state index contributed by atoms with van der Waals surface area (Å²) in [5.41, 5.74) is 0. The predicted molar refractivity (Wildman–Crippen MR) is 112 cm³/mol.